The number of ether oxygens (including phenoxy) is 1. The summed E-state index contributed by atoms with van der Waals surface area (Å²) in [6, 6.07) is 14.6. The van der Waals surface area contributed by atoms with Crippen LogP contribution in [0.3, 0.4) is 0 Å². The van der Waals surface area contributed by atoms with E-state index >= 15 is 0 Å². The standard InChI is InChI=1S/C23H23N5O3S/c1-3-13-32(29,30)28-20-14-15(2)21(17-8-5-4-7-16(17)20)31-22-18(9-6-11-25-22)19-10-12-26-23(24)27-19/h4-12,14,28H,3,13H2,1-2H3,(H2,24,26,27). The molecule has 32 heavy (non-hydrogen) atoms. The van der Waals surface area contributed by atoms with E-state index in [1.807, 2.05) is 44.2 Å². The average Bonchev–Trinajstić information content (AvgIpc) is 2.76. The molecule has 2 aromatic heterocycles. The fourth-order valence-corrected chi connectivity index (χ4v) is 4.63. The second kappa shape index (κ2) is 8.80. The van der Waals surface area contributed by atoms with Crippen molar-refractivity contribution in [1.29, 1.82) is 0 Å². The van der Waals surface area contributed by atoms with E-state index in [2.05, 4.69) is 19.7 Å². The molecule has 0 aliphatic rings. The number of nitrogens with zero attached hydrogens (tertiary/aromatic N) is 3. The lowest BCUT2D eigenvalue weighted by Crippen LogP contribution is -2.16. The van der Waals surface area contributed by atoms with Crippen LogP contribution in [0.25, 0.3) is 22.0 Å². The Morgan fingerprint density at radius 3 is 2.56 bits per heavy atom. The van der Waals surface area contributed by atoms with E-state index in [1.54, 1.807) is 30.6 Å². The van der Waals surface area contributed by atoms with Crippen molar-refractivity contribution in [3.63, 3.8) is 0 Å². The molecule has 0 saturated heterocycles. The molecule has 2 heterocycles. The number of sulfonamides is 1. The summed E-state index contributed by atoms with van der Waals surface area (Å²) >= 11 is 0. The van der Waals surface area contributed by atoms with Crippen molar-refractivity contribution in [1.82, 2.24) is 15.0 Å². The Labute approximate surface area is 186 Å². The quantitative estimate of drug-likeness (QED) is 0.425. The molecule has 8 nitrogen and oxygen atoms in total. The van der Waals surface area contributed by atoms with Crippen molar-refractivity contribution in [3.8, 4) is 22.9 Å². The normalized spacial score (nSPS) is 11.4. The number of nitrogen functional groups attached to an aromatic ring is 1. The van der Waals surface area contributed by atoms with Gasteiger partial charge >= 0.3 is 0 Å². The van der Waals surface area contributed by atoms with Gasteiger partial charge in [0.2, 0.25) is 21.9 Å². The van der Waals surface area contributed by atoms with Crippen molar-refractivity contribution in [2.75, 3.05) is 16.2 Å². The van der Waals surface area contributed by atoms with Crippen molar-refractivity contribution >= 4 is 32.4 Å². The van der Waals surface area contributed by atoms with Gasteiger partial charge in [-0.3, -0.25) is 4.72 Å². The predicted molar refractivity (Wildman–Crippen MR) is 126 cm³/mol. The molecule has 164 valence electrons. The number of rotatable bonds is 7. The topological polar surface area (TPSA) is 120 Å². The number of fused-ring (bicyclic) bond motifs is 1. The van der Waals surface area contributed by atoms with Gasteiger partial charge in [-0.25, -0.2) is 23.4 Å². The number of hydrogen-bond donors (Lipinski definition) is 2. The summed E-state index contributed by atoms with van der Waals surface area (Å²) in [5.41, 5.74) is 8.28. The molecular weight excluding hydrogens is 426 g/mol. The van der Waals surface area contributed by atoms with E-state index in [-0.39, 0.29) is 11.7 Å². The zero-order valence-electron chi connectivity index (χ0n) is 17.7. The second-order valence-corrected chi connectivity index (χ2v) is 9.14. The highest BCUT2D eigenvalue weighted by atomic mass is 32.2. The fourth-order valence-electron chi connectivity index (χ4n) is 3.48. The van der Waals surface area contributed by atoms with Crippen LogP contribution >= 0.6 is 0 Å². The molecule has 0 amide bonds. The number of pyridine rings is 1. The lowest BCUT2D eigenvalue weighted by molar-refractivity contribution is 0.467. The molecule has 9 heteroatoms. The zero-order chi connectivity index (χ0) is 22.7. The fraction of sp³-hybridized carbons (Fsp3) is 0.174. The maximum Gasteiger partial charge on any atom is 0.232 e. The molecule has 0 spiro atoms. The first-order chi connectivity index (χ1) is 15.4. The van der Waals surface area contributed by atoms with Gasteiger partial charge in [-0.05, 0) is 43.2 Å². The van der Waals surface area contributed by atoms with Crippen LogP contribution in [0.1, 0.15) is 18.9 Å². The van der Waals surface area contributed by atoms with Crippen LogP contribution in [0.5, 0.6) is 11.6 Å². The summed E-state index contributed by atoms with van der Waals surface area (Å²) in [4.78, 5) is 12.6. The van der Waals surface area contributed by atoms with Gasteiger partial charge in [-0.15, -0.1) is 0 Å². The van der Waals surface area contributed by atoms with Crippen molar-refractivity contribution < 1.29 is 13.2 Å². The van der Waals surface area contributed by atoms with Crippen molar-refractivity contribution in [2.24, 2.45) is 0 Å². The molecule has 0 aliphatic carbocycles. The molecule has 0 saturated carbocycles. The number of aryl methyl sites for hydroxylation is 1. The van der Waals surface area contributed by atoms with Crippen LogP contribution in [-0.2, 0) is 10.0 Å². The monoisotopic (exact) mass is 449 g/mol. The lowest BCUT2D eigenvalue weighted by Gasteiger charge is -2.17. The number of hydrogen-bond acceptors (Lipinski definition) is 7. The highest BCUT2D eigenvalue weighted by Gasteiger charge is 2.18. The van der Waals surface area contributed by atoms with E-state index < -0.39 is 10.0 Å². The van der Waals surface area contributed by atoms with Crippen LogP contribution in [-0.4, -0.2) is 29.1 Å². The predicted octanol–water partition coefficient (Wildman–Crippen LogP) is 4.53. The highest BCUT2D eigenvalue weighted by molar-refractivity contribution is 7.92. The number of nitrogens with two attached hydrogens (primary N) is 1. The number of nitrogens with one attached hydrogen (secondary N) is 1. The smallest absolute Gasteiger partial charge is 0.232 e. The van der Waals surface area contributed by atoms with E-state index in [9.17, 15) is 8.42 Å². The average molecular weight is 450 g/mol. The number of benzene rings is 2. The van der Waals surface area contributed by atoms with Crippen LogP contribution in [0.4, 0.5) is 11.6 Å². The molecule has 2 aromatic carbocycles. The minimum absolute atomic E-state index is 0.0536. The Morgan fingerprint density at radius 1 is 1.03 bits per heavy atom. The molecule has 0 fully saturated rings. The highest BCUT2D eigenvalue weighted by Crippen LogP contribution is 2.39. The van der Waals surface area contributed by atoms with Gasteiger partial charge in [-0.1, -0.05) is 31.2 Å². The first-order valence-corrected chi connectivity index (χ1v) is 11.8. The summed E-state index contributed by atoms with van der Waals surface area (Å²) in [7, 11) is -3.44. The van der Waals surface area contributed by atoms with E-state index in [0.717, 1.165) is 16.3 Å². The zero-order valence-corrected chi connectivity index (χ0v) is 18.6. The third-order valence-electron chi connectivity index (χ3n) is 4.84. The Morgan fingerprint density at radius 2 is 1.81 bits per heavy atom. The minimum atomic E-state index is -3.44. The SMILES string of the molecule is CCCS(=O)(=O)Nc1cc(C)c(Oc2ncccc2-c2ccnc(N)n2)c2ccccc12. The van der Waals surface area contributed by atoms with E-state index in [1.165, 1.54) is 0 Å². The summed E-state index contributed by atoms with van der Waals surface area (Å²) < 4.78 is 33.8. The first kappa shape index (κ1) is 21.5. The second-order valence-electron chi connectivity index (χ2n) is 7.29. The van der Waals surface area contributed by atoms with Gasteiger partial charge in [0.15, 0.2) is 0 Å². The number of aromatic nitrogens is 3. The van der Waals surface area contributed by atoms with E-state index in [4.69, 9.17) is 10.5 Å². The molecular formula is C23H23N5O3S. The molecule has 3 N–H and O–H groups in total. The van der Waals surface area contributed by atoms with Crippen molar-refractivity contribution in [2.45, 2.75) is 20.3 Å². The summed E-state index contributed by atoms with van der Waals surface area (Å²) in [5, 5.41) is 1.50. The molecule has 0 atom stereocenters. The van der Waals surface area contributed by atoms with Gasteiger partial charge in [0.05, 0.1) is 22.7 Å². The van der Waals surface area contributed by atoms with Crippen molar-refractivity contribution in [3.05, 3.63) is 66.5 Å². The molecule has 0 unspecified atom stereocenters. The van der Waals surface area contributed by atoms with Gasteiger partial charge in [0.1, 0.15) is 5.75 Å². The third kappa shape index (κ3) is 4.47. The van der Waals surface area contributed by atoms with Crippen LogP contribution < -0.4 is 15.2 Å². The third-order valence-corrected chi connectivity index (χ3v) is 6.32. The summed E-state index contributed by atoms with van der Waals surface area (Å²) in [5.74, 6) is 1.15. The van der Waals surface area contributed by atoms with E-state index in [0.29, 0.717) is 35.0 Å². The largest absolute Gasteiger partial charge is 0.437 e. The number of anilines is 2. The van der Waals surface area contributed by atoms with Crippen LogP contribution in [0.15, 0.2) is 60.9 Å². The summed E-state index contributed by atoms with van der Waals surface area (Å²) in [6.07, 6.45) is 3.74. The minimum Gasteiger partial charge on any atom is -0.437 e. The maximum absolute atomic E-state index is 12.4. The molecule has 0 aliphatic heterocycles. The Balaban J connectivity index is 1.81. The Bertz CT molecular complexity index is 1390. The van der Waals surface area contributed by atoms with Gasteiger partial charge in [0.25, 0.3) is 0 Å². The molecule has 0 radical (unpaired) electrons. The molecule has 4 aromatic rings. The molecule has 0 bridgehead atoms. The van der Waals surface area contributed by atoms with Crippen LogP contribution in [0.2, 0.25) is 0 Å². The Hall–Kier alpha value is -3.72. The van der Waals surface area contributed by atoms with Gasteiger partial charge in [0, 0.05) is 23.2 Å². The lowest BCUT2D eigenvalue weighted by atomic mass is 10.0. The molecule has 4 rings (SSSR count). The van der Waals surface area contributed by atoms with Crippen LogP contribution in [0, 0.1) is 6.92 Å². The first-order valence-electron chi connectivity index (χ1n) is 10.1. The van der Waals surface area contributed by atoms with Gasteiger partial charge in [-0.2, -0.15) is 0 Å². The van der Waals surface area contributed by atoms with Gasteiger partial charge < -0.3 is 10.5 Å². The maximum atomic E-state index is 12.4. The Kier molecular flexibility index (Phi) is 5.91. The summed E-state index contributed by atoms with van der Waals surface area (Å²) in [6.45, 7) is 3.69.